The second-order valence-electron chi connectivity index (χ2n) is 6.92. The highest BCUT2D eigenvalue weighted by atomic mass is 19.2. The summed E-state index contributed by atoms with van der Waals surface area (Å²) in [6.45, 7) is 1.48. The fraction of sp³-hybridized carbons (Fsp3) is 0.250. The minimum Gasteiger partial charge on any atom is -0.493 e. The number of benzene rings is 2. The van der Waals surface area contributed by atoms with Crippen molar-refractivity contribution in [1.29, 1.82) is 0 Å². The Morgan fingerprint density at radius 2 is 1.96 bits per heavy atom. The molecule has 0 radical (unpaired) electrons. The number of ether oxygens (including phenoxy) is 1. The Morgan fingerprint density at radius 3 is 2.71 bits per heavy atom. The van der Waals surface area contributed by atoms with Gasteiger partial charge in [-0.05, 0) is 48.4 Å². The van der Waals surface area contributed by atoms with E-state index >= 15 is 0 Å². The maximum atomic E-state index is 13.6. The van der Waals surface area contributed by atoms with Crippen LogP contribution in [-0.4, -0.2) is 35.8 Å². The van der Waals surface area contributed by atoms with Gasteiger partial charge >= 0.3 is 6.03 Å². The first-order valence-electron chi connectivity index (χ1n) is 8.68. The molecule has 1 N–H and O–H groups in total. The Balaban J connectivity index is 1.57. The van der Waals surface area contributed by atoms with Gasteiger partial charge in [-0.1, -0.05) is 6.07 Å². The van der Waals surface area contributed by atoms with Gasteiger partial charge in [-0.2, -0.15) is 0 Å². The predicted octanol–water partition coefficient (Wildman–Crippen LogP) is 2.55. The lowest BCUT2D eigenvalue weighted by Gasteiger charge is -2.22. The number of nitrogens with one attached hydrogen (secondary N) is 1. The minimum atomic E-state index is -1.59. The zero-order chi connectivity index (χ0) is 20.1. The van der Waals surface area contributed by atoms with Gasteiger partial charge in [0, 0.05) is 12.0 Å². The highest BCUT2D eigenvalue weighted by Gasteiger charge is 2.49. The van der Waals surface area contributed by atoms with Gasteiger partial charge in [0.1, 0.15) is 11.3 Å². The number of amides is 3. The normalized spacial score (nSPS) is 20.8. The summed E-state index contributed by atoms with van der Waals surface area (Å²) in [5.41, 5.74) is -0.229. The Bertz CT molecular complexity index is 1020. The van der Waals surface area contributed by atoms with Crippen LogP contribution in [-0.2, 0) is 16.8 Å². The van der Waals surface area contributed by atoms with E-state index in [0.29, 0.717) is 18.6 Å². The summed E-state index contributed by atoms with van der Waals surface area (Å²) >= 11 is 0. The van der Waals surface area contributed by atoms with Crippen LogP contribution >= 0.6 is 0 Å². The molecule has 2 aromatic carbocycles. The largest absolute Gasteiger partial charge is 0.493 e. The SMILES string of the molecule is CC1(c2ccc(F)c(F)c2)NC(=O)N(CC(=O)c2ccc3c(c2)CCO3)C1=O. The molecule has 1 fully saturated rings. The number of ketones is 1. The number of fused-ring (bicyclic) bond motifs is 1. The first kappa shape index (κ1) is 18.1. The summed E-state index contributed by atoms with van der Waals surface area (Å²) < 4.78 is 32.2. The number of urea groups is 1. The highest BCUT2D eigenvalue weighted by molar-refractivity contribution is 6.11. The van der Waals surface area contributed by atoms with Crippen LogP contribution in [0.4, 0.5) is 13.6 Å². The van der Waals surface area contributed by atoms with Crippen molar-refractivity contribution in [3.8, 4) is 5.75 Å². The average molecular weight is 386 g/mol. The molecule has 2 aliphatic rings. The number of nitrogens with zero attached hydrogens (tertiary/aromatic N) is 1. The predicted molar refractivity (Wildman–Crippen MR) is 93.9 cm³/mol. The van der Waals surface area contributed by atoms with E-state index in [-0.39, 0.29) is 5.56 Å². The van der Waals surface area contributed by atoms with Crippen LogP contribution in [0.25, 0.3) is 0 Å². The molecule has 0 saturated carbocycles. The zero-order valence-corrected chi connectivity index (χ0v) is 14.9. The number of imide groups is 1. The number of halogens is 2. The van der Waals surface area contributed by atoms with Crippen molar-refractivity contribution in [1.82, 2.24) is 10.2 Å². The van der Waals surface area contributed by atoms with Crippen molar-refractivity contribution >= 4 is 17.7 Å². The fourth-order valence-corrected chi connectivity index (χ4v) is 3.44. The van der Waals surface area contributed by atoms with E-state index in [1.807, 2.05) is 0 Å². The molecular formula is C20H16F2N2O4. The van der Waals surface area contributed by atoms with E-state index in [9.17, 15) is 23.2 Å². The molecule has 0 bridgehead atoms. The number of carbonyl (C=O) groups excluding carboxylic acids is 3. The second kappa shape index (κ2) is 6.40. The highest BCUT2D eigenvalue weighted by Crippen LogP contribution is 2.30. The third kappa shape index (κ3) is 2.81. The van der Waals surface area contributed by atoms with Crippen LogP contribution in [0.15, 0.2) is 36.4 Å². The molecule has 28 heavy (non-hydrogen) atoms. The van der Waals surface area contributed by atoms with Gasteiger partial charge in [0.2, 0.25) is 0 Å². The van der Waals surface area contributed by atoms with Gasteiger partial charge in [0.25, 0.3) is 5.91 Å². The molecule has 3 amide bonds. The van der Waals surface area contributed by atoms with Crippen LogP contribution in [0.3, 0.4) is 0 Å². The molecule has 0 aliphatic carbocycles. The molecule has 1 atom stereocenters. The molecule has 8 heteroatoms. The van der Waals surface area contributed by atoms with Crippen molar-refractivity contribution in [3.63, 3.8) is 0 Å². The lowest BCUT2D eigenvalue weighted by atomic mass is 9.92. The van der Waals surface area contributed by atoms with Crippen LogP contribution in [0, 0.1) is 11.6 Å². The Hall–Kier alpha value is -3.29. The third-order valence-electron chi connectivity index (χ3n) is 5.09. The molecule has 0 aromatic heterocycles. The minimum absolute atomic E-state index is 0.0920. The van der Waals surface area contributed by atoms with E-state index in [1.54, 1.807) is 18.2 Å². The van der Waals surface area contributed by atoms with Crippen molar-refractivity contribution in [2.75, 3.05) is 13.2 Å². The van der Waals surface area contributed by atoms with Crippen LogP contribution in [0.5, 0.6) is 5.75 Å². The first-order chi connectivity index (χ1) is 13.3. The smallest absolute Gasteiger partial charge is 0.325 e. The van der Waals surface area contributed by atoms with Crippen LogP contribution < -0.4 is 10.1 Å². The van der Waals surface area contributed by atoms with Crippen molar-refractivity contribution in [3.05, 3.63) is 64.7 Å². The number of hydrogen-bond acceptors (Lipinski definition) is 4. The fourth-order valence-electron chi connectivity index (χ4n) is 3.44. The summed E-state index contributed by atoms with van der Waals surface area (Å²) in [6, 6.07) is 7.16. The van der Waals surface area contributed by atoms with E-state index in [1.165, 1.54) is 13.0 Å². The molecule has 0 spiro atoms. The molecule has 6 nitrogen and oxygen atoms in total. The van der Waals surface area contributed by atoms with Gasteiger partial charge in [0.15, 0.2) is 17.4 Å². The molecule has 144 valence electrons. The first-order valence-corrected chi connectivity index (χ1v) is 8.68. The van der Waals surface area contributed by atoms with E-state index in [0.717, 1.165) is 28.3 Å². The van der Waals surface area contributed by atoms with Crippen molar-refractivity contribution in [2.24, 2.45) is 0 Å². The molecule has 1 unspecified atom stereocenters. The number of carbonyl (C=O) groups is 3. The Labute approximate surface area is 159 Å². The summed E-state index contributed by atoms with van der Waals surface area (Å²) in [7, 11) is 0. The maximum Gasteiger partial charge on any atom is 0.325 e. The van der Waals surface area contributed by atoms with E-state index in [4.69, 9.17) is 4.74 Å². The zero-order valence-electron chi connectivity index (χ0n) is 14.9. The molecule has 2 aromatic rings. The van der Waals surface area contributed by atoms with E-state index in [2.05, 4.69) is 5.32 Å². The van der Waals surface area contributed by atoms with Gasteiger partial charge in [0.05, 0.1) is 13.2 Å². The molecule has 2 heterocycles. The molecular weight excluding hydrogens is 370 g/mol. The number of Topliss-reactive ketones (excluding diaryl/α,β-unsaturated/α-hetero) is 1. The molecule has 1 saturated heterocycles. The number of rotatable bonds is 4. The summed E-state index contributed by atoms with van der Waals surface area (Å²) in [4.78, 5) is 38.6. The Kier molecular flexibility index (Phi) is 4.14. The second-order valence-corrected chi connectivity index (χ2v) is 6.92. The third-order valence-corrected chi connectivity index (χ3v) is 5.09. The average Bonchev–Trinajstić information content (AvgIpc) is 3.22. The Morgan fingerprint density at radius 1 is 1.18 bits per heavy atom. The maximum absolute atomic E-state index is 13.6. The van der Waals surface area contributed by atoms with E-state index < -0.39 is 41.4 Å². The number of hydrogen-bond donors (Lipinski definition) is 1. The summed E-state index contributed by atoms with van der Waals surface area (Å²) in [5.74, 6) is -2.58. The lowest BCUT2D eigenvalue weighted by molar-refractivity contribution is -0.130. The lowest BCUT2D eigenvalue weighted by Crippen LogP contribution is -2.41. The van der Waals surface area contributed by atoms with Crippen molar-refractivity contribution < 1.29 is 27.9 Å². The molecule has 2 aliphatic heterocycles. The van der Waals surface area contributed by atoms with Crippen LogP contribution in [0.1, 0.15) is 28.4 Å². The van der Waals surface area contributed by atoms with Gasteiger partial charge in [-0.3, -0.25) is 14.5 Å². The molecule has 4 rings (SSSR count). The summed E-state index contributed by atoms with van der Waals surface area (Å²) in [6.07, 6.45) is 0.688. The van der Waals surface area contributed by atoms with Gasteiger partial charge in [-0.15, -0.1) is 0 Å². The van der Waals surface area contributed by atoms with Crippen molar-refractivity contribution in [2.45, 2.75) is 18.9 Å². The quantitative estimate of drug-likeness (QED) is 0.647. The standard InChI is InChI=1S/C20H16F2N2O4/c1-20(13-3-4-14(21)15(22)9-13)18(26)24(19(27)23-20)10-16(25)11-2-5-17-12(8-11)6-7-28-17/h2-5,8-9H,6-7,10H2,1H3,(H,23,27). The van der Waals surface area contributed by atoms with Crippen LogP contribution in [0.2, 0.25) is 0 Å². The topological polar surface area (TPSA) is 75.7 Å². The van der Waals surface area contributed by atoms with Gasteiger partial charge < -0.3 is 10.1 Å². The van der Waals surface area contributed by atoms with Gasteiger partial charge in [-0.25, -0.2) is 13.6 Å². The summed E-state index contributed by atoms with van der Waals surface area (Å²) in [5, 5.41) is 2.47. The monoisotopic (exact) mass is 386 g/mol.